The minimum atomic E-state index is -0.650. The molecule has 136 valence electrons. The molecular formula is C17H14Cl2FN3O2S. The van der Waals surface area contributed by atoms with Gasteiger partial charge in [-0.3, -0.25) is 4.79 Å². The first-order valence-corrected chi connectivity index (χ1v) is 9.25. The van der Waals surface area contributed by atoms with Gasteiger partial charge in [0.25, 0.3) is 5.91 Å². The normalized spacial score (nSPS) is 17.2. The average Bonchev–Trinajstić information content (AvgIpc) is 3.01. The molecule has 2 heterocycles. The fourth-order valence-corrected chi connectivity index (χ4v) is 4.49. The monoisotopic (exact) mass is 413 g/mol. The lowest BCUT2D eigenvalue weighted by atomic mass is 10.0. The Kier molecular flexibility index (Phi) is 5.68. The van der Waals surface area contributed by atoms with Crippen LogP contribution in [0.5, 0.6) is 0 Å². The van der Waals surface area contributed by atoms with Gasteiger partial charge in [0.2, 0.25) is 5.69 Å². The summed E-state index contributed by atoms with van der Waals surface area (Å²) in [7, 11) is 0. The quantitative estimate of drug-likeness (QED) is 0.747. The van der Waals surface area contributed by atoms with Crippen LogP contribution >= 0.6 is 34.5 Å². The predicted octanol–water partition coefficient (Wildman–Crippen LogP) is 4.55. The highest BCUT2D eigenvalue weighted by molar-refractivity contribution is 7.19. The summed E-state index contributed by atoms with van der Waals surface area (Å²) in [6, 6.07) is 4.83. The summed E-state index contributed by atoms with van der Waals surface area (Å²) in [5, 5.41) is 1.33. The zero-order valence-electron chi connectivity index (χ0n) is 13.5. The Morgan fingerprint density at radius 3 is 2.88 bits per heavy atom. The molecule has 0 bridgehead atoms. The fourth-order valence-electron chi connectivity index (χ4n) is 2.84. The molecule has 1 amide bonds. The molecule has 2 N–H and O–H groups in total. The van der Waals surface area contributed by atoms with Crippen molar-refractivity contribution in [3.8, 4) is 11.1 Å². The van der Waals surface area contributed by atoms with Crippen molar-refractivity contribution in [2.75, 3.05) is 31.3 Å². The summed E-state index contributed by atoms with van der Waals surface area (Å²) in [5.74, 6) is -0.650. The molecule has 0 radical (unpaired) electrons. The van der Waals surface area contributed by atoms with Gasteiger partial charge in [0.1, 0.15) is 12.8 Å². The Bertz CT molecular complexity index is 897. The Morgan fingerprint density at radius 2 is 2.27 bits per heavy atom. The molecule has 1 atom stereocenters. The molecule has 1 fully saturated rings. The van der Waals surface area contributed by atoms with Crippen LogP contribution in [0.4, 0.5) is 15.1 Å². The van der Waals surface area contributed by atoms with Gasteiger partial charge in [-0.05, 0) is 17.7 Å². The van der Waals surface area contributed by atoms with Crippen LogP contribution in [0.2, 0.25) is 10.0 Å². The first kappa shape index (κ1) is 18.9. The molecule has 1 aromatic heterocycles. The van der Waals surface area contributed by atoms with E-state index >= 15 is 0 Å². The molecular weight excluding hydrogens is 400 g/mol. The largest absolute Gasteiger partial charge is 0.372 e. The van der Waals surface area contributed by atoms with Crippen LogP contribution < -0.4 is 10.6 Å². The topological polar surface area (TPSA) is 59.9 Å². The number of halogens is 3. The molecule has 2 aromatic rings. The van der Waals surface area contributed by atoms with Gasteiger partial charge in [-0.15, -0.1) is 11.3 Å². The maximum Gasteiger partial charge on any atom is 0.258 e. The molecule has 1 aromatic carbocycles. The number of hydrogen-bond acceptors (Lipinski definition) is 4. The van der Waals surface area contributed by atoms with E-state index in [0.29, 0.717) is 45.9 Å². The zero-order valence-corrected chi connectivity index (χ0v) is 15.8. The fraction of sp³-hybridized carbons (Fsp3) is 0.294. The van der Waals surface area contributed by atoms with Gasteiger partial charge in [-0.1, -0.05) is 29.3 Å². The van der Waals surface area contributed by atoms with Crippen LogP contribution in [0.3, 0.4) is 0 Å². The van der Waals surface area contributed by atoms with E-state index in [9.17, 15) is 9.18 Å². The van der Waals surface area contributed by atoms with E-state index in [1.165, 1.54) is 0 Å². The summed E-state index contributed by atoms with van der Waals surface area (Å²) in [5.41, 5.74) is 6.71. The summed E-state index contributed by atoms with van der Waals surface area (Å²) in [6.45, 7) is 8.15. The second kappa shape index (κ2) is 7.80. The summed E-state index contributed by atoms with van der Waals surface area (Å²) in [6.07, 6.45) is -0.566. The number of nitrogens with zero attached hydrogens (tertiary/aromatic N) is 2. The molecule has 0 spiro atoms. The summed E-state index contributed by atoms with van der Waals surface area (Å²) in [4.78, 5) is 17.7. The van der Waals surface area contributed by atoms with Crippen LogP contribution in [0.1, 0.15) is 9.67 Å². The third-order valence-electron chi connectivity index (χ3n) is 4.00. The average molecular weight is 414 g/mol. The molecule has 0 saturated carbocycles. The van der Waals surface area contributed by atoms with E-state index < -0.39 is 18.7 Å². The van der Waals surface area contributed by atoms with Crippen molar-refractivity contribution in [1.29, 1.82) is 0 Å². The molecule has 3 rings (SSSR count). The van der Waals surface area contributed by atoms with Gasteiger partial charge in [0.15, 0.2) is 0 Å². The van der Waals surface area contributed by atoms with Gasteiger partial charge >= 0.3 is 0 Å². The first-order chi connectivity index (χ1) is 12.5. The minimum Gasteiger partial charge on any atom is -0.372 e. The number of primary amides is 1. The van der Waals surface area contributed by atoms with Crippen LogP contribution in [0.15, 0.2) is 18.2 Å². The highest BCUT2D eigenvalue weighted by Gasteiger charge is 2.30. The number of morpholine rings is 1. The van der Waals surface area contributed by atoms with Gasteiger partial charge in [0, 0.05) is 28.7 Å². The van der Waals surface area contributed by atoms with E-state index in [0.717, 1.165) is 11.3 Å². The van der Waals surface area contributed by atoms with E-state index in [2.05, 4.69) is 4.85 Å². The second-order valence-corrected chi connectivity index (χ2v) is 7.50. The lowest BCUT2D eigenvalue weighted by Crippen LogP contribution is -2.43. The molecule has 1 saturated heterocycles. The van der Waals surface area contributed by atoms with E-state index in [-0.39, 0.29) is 10.6 Å². The number of carbonyl (C=O) groups excluding carboxylic acids is 1. The van der Waals surface area contributed by atoms with Crippen molar-refractivity contribution in [2.24, 2.45) is 5.73 Å². The van der Waals surface area contributed by atoms with E-state index in [1.54, 1.807) is 18.2 Å². The van der Waals surface area contributed by atoms with Crippen molar-refractivity contribution < 1.29 is 13.9 Å². The van der Waals surface area contributed by atoms with Crippen LogP contribution in [0, 0.1) is 6.57 Å². The Balaban J connectivity index is 2.17. The first-order valence-electron chi connectivity index (χ1n) is 7.68. The SMILES string of the molecule is [C-]#[N+]c1c(N2CCOC(CF)C2)sc(C(N)=O)c1-c1ccc(Cl)cc1Cl. The lowest BCUT2D eigenvalue weighted by molar-refractivity contribution is 0.0250. The lowest BCUT2D eigenvalue weighted by Gasteiger charge is -2.32. The number of thiophene rings is 1. The smallest absolute Gasteiger partial charge is 0.258 e. The number of carbonyl (C=O) groups is 1. The minimum absolute atomic E-state index is 0.235. The molecule has 0 aliphatic carbocycles. The van der Waals surface area contributed by atoms with Crippen LogP contribution in [0.25, 0.3) is 16.0 Å². The molecule has 1 unspecified atom stereocenters. The summed E-state index contributed by atoms with van der Waals surface area (Å²) >= 11 is 13.4. The molecule has 26 heavy (non-hydrogen) atoms. The third kappa shape index (κ3) is 3.51. The van der Waals surface area contributed by atoms with E-state index in [4.69, 9.17) is 40.2 Å². The number of hydrogen-bond donors (Lipinski definition) is 1. The van der Waals surface area contributed by atoms with Gasteiger partial charge in [0.05, 0.1) is 23.1 Å². The van der Waals surface area contributed by atoms with Crippen molar-refractivity contribution in [3.05, 3.63) is 44.5 Å². The Hall–Kier alpha value is -1.85. The number of alkyl halides is 1. The van der Waals surface area contributed by atoms with Crippen molar-refractivity contribution >= 4 is 51.1 Å². The Labute approximate surface area is 163 Å². The zero-order chi connectivity index (χ0) is 18.8. The number of rotatable bonds is 4. The highest BCUT2D eigenvalue weighted by atomic mass is 35.5. The standard InChI is InChI=1S/C17H14Cl2FN3O2S/c1-22-14-13(11-3-2-9(18)6-12(11)19)15(16(21)24)26-17(14)23-4-5-25-10(7-20)8-23/h2-3,6,10H,4-5,7-8H2,(H2,21,24). The highest BCUT2D eigenvalue weighted by Crippen LogP contribution is 2.50. The molecule has 5 nitrogen and oxygen atoms in total. The molecule has 1 aliphatic rings. The van der Waals surface area contributed by atoms with Crippen molar-refractivity contribution in [1.82, 2.24) is 0 Å². The maximum absolute atomic E-state index is 13.0. The van der Waals surface area contributed by atoms with Crippen LogP contribution in [-0.2, 0) is 4.74 Å². The van der Waals surface area contributed by atoms with Gasteiger partial charge < -0.3 is 15.4 Å². The predicted molar refractivity (Wildman–Crippen MR) is 102 cm³/mol. The number of benzene rings is 1. The number of nitrogens with two attached hydrogens (primary N) is 1. The second-order valence-electron chi connectivity index (χ2n) is 5.65. The third-order valence-corrected chi connectivity index (χ3v) is 5.80. The van der Waals surface area contributed by atoms with Crippen molar-refractivity contribution in [2.45, 2.75) is 6.10 Å². The van der Waals surface area contributed by atoms with Gasteiger partial charge in [-0.2, -0.15) is 0 Å². The Morgan fingerprint density at radius 1 is 1.50 bits per heavy atom. The van der Waals surface area contributed by atoms with Crippen LogP contribution in [-0.4, -0.2) is 38.4 Å². The van der Waals surface area contributed by atoms with E-state index in [1.807, 2.05) is 4.90 Å². The van der Waals surface area contributed by atoms with Crippen molar-refractivity contribution in [3.63, 3.8) is 0 Å². The number of amides is 1. The summed E-state index contributed by atoms with van der Waals surface area (Å²) < 4.78 is 18.3. The maximum atomic E-state index is 13.0. The number of anilines is 1. The van der Waals surface area contributed by atoms with Gasteiger partial charge in [-0.25, -0.2) is 9.24 Å². The number of ether oxygens (including phenoxy) is 1. The molecule has 1 aliphatic heterocycles. The molecule has 9 heteroatoms.